The van der Waals surface area contributed by atoms with E-state index in [0.29, 0.717) is 33.4 Å². The Bertz CT molecular complexity index is 1470. The van der Waals surface area contributed by atoms with Gasteiger partial charge < -0.3 is 9.30 Å². The summed E-state index contributed by atoms with van der Waals surface area (Å²) in [5, 5.41) is 0.709. The number of nitrogens with zero attached hydrogens (tertiary/aromatic N) is 3. The number of halogens is 2. The van der Waals surface area contributed by atoms with Crippen molar-refractivity contribution in [2.75, 3.05) is 20.2 Å². The molecule has 0 fully saturated rings. The lowest BCUT2D eigenvalue weighted by molar-refractivity contribution is -0.141. The first-order chi connectivity index (χ1) is 17.3. The van der Waals surface area contributed by atoms with E-state index < -0.39 is 21.9 Å². The molecule has 37 heavy (non-hydrogen) atoms. The van der Waals surface area contributed by atoms with Crippen LogP contribution in [0.15, 0.2) is 46.3 Å². The first-order valence-electron chi connectivity index (χ1n) is 11.6. The Morgan fingerprint density at radius 2 is 1.65 bits per heavy atom. The van der Waals surface area contributed by atoms with Crippen LogP contribution in [0.1, 0.15) is 38.1 Å². The van der Waals surface area contributed by atoms with Gasteiger partial charge in [0.2, 0.25) is 10.0 Å². The van der Waals surface area contributed by atoms with Crippen LogP contribution in [0.2, 0.25) is 10.0 Å². The van der Waals surface area contributed by atoms with Gasteiger partial charge in [-0.1, -0.05) is 62.2 Å². The highest BCUT2D eigenvalue weighted by atomic mass is 35.5. The van der Waals surface area contributed by atoms with Crippen molar-refractivity contribution >= 4 is 66.7 Å². The number of hydrogen-bond donors (Lipinski definition) is 0. The Morgan fingerprint density at radius 1 is 1.05 bits per heavy atom. The minimum Gasteiger partial charge on any atom is -0.468 e. The van der Waals surface area contributed by atoms with Crippen LogP contribution < -0.4 is 4.80 Å². The number of carbonyl (C=O) groups excluding carboxylic acids is 2. The molecule has 0 aliphatic rings. The van der Waals surface area contributed by atoms with Crippen molar-refractivity contribution in [3.05, 3.63) is 56.8 Å². The molecule has 0 saturated heterocycles. The number of ether oxygens (including phenoxy) is 1. The zero-order valence-electron chi connectivity index (χ0n) is 21.2. The van der Waals surface area contributed by atoms with Gasteiger partial charge >= 0.3 is 5.97 Å². The van der Waals surface area contributed by atoms with E-state index in [9.17, 15) is 18.0 Å². The van der Waals surface area contributed by atoms with Gasteiger partial charge in [-0.15, -0.1) is 0 Å². The molecule has 0 saturated carbocycles. The van der Waals surface area contributed by atoms with Crippen molar-refractivity contribution in [1.29, 1.82) is 0 Å². The van der Waals surface area contributed by atoms with Crippen molar-refractivity contribution < 1.29 is 22.7 Å². The Labute approximate surface area is 230 Å². The standard InChI is InChI=1S/C25H29Cl2N3O5S2/c1-15(2)12-29(13-16(3)4)37(33,34)19-8-6-17(7-9-19)24(32)28-25-30(14-22(31)35-5)23-20(27)10-18(26)11-21(23)36-25/h6-11,15-16H,12-14H2,1-5H3. The molecule has 3 aromatic rings. The monoisotopic (exact) mass is 585 g/mol. The summed E-state index contributed by atoms with van der Waals surface area (Å²) in [6.45, 7) is 8.45. The smallest absolute Gasteiger partial charge is 0.325 e. The summed E-state index contributed by atoms with van der Waals surface area (Å²) in [4.78, 5) is 29.6. The number of rotatable bonds is 9. The van der Waals surface area contributed by atoms with Gasteiger partial charge in [-0.2, -0.15) is 9.30 Å². The molecular weight excluding hydrogens is 557 g/mol. The molecule has 0 aliphatic heterocycles. The van der Waals surface area contributed by atoms with Crippen LogP contribution in [0.4, 0.5) is 0 Å². The fourth-order valence-corrected chi connectivity index (χ4v) is 7.29. The lowest BCUT2D eigenvalue weighted by Crippen LogP contribution is -2.37. The number of methoxy groups -OCH3 is 1. The minimum absolute atomic E-state index is 0.106. The van der Waals surface area contributed by atoms with Gasteiger partial charge in [0.05, 0.1) is 27.2 Å². The van der Waals surface area contributed by atoms with Gasteiger partial charge in [0, 0.05) is 23.7 Å². The van der Waals surface area contributed by atoms with E-state index in [-0.39, 0.29) is 33.6 Å². The van der Waals surface area contributed by atoms with E-state index in [1.165, 1.54) is 40.2 Å². The minimum atomic E-state index is -3.73. The Kier molecular flexibility index (Phi) is 9.57. The van der Waals surface area contributed by atoms with Gasteiger partial charge in [-0.25, -0.2) is 8.42 Å². The first-order valence-corrected chi connectivity index (χ1v) is 14.6. The average molecular weight is 587 g/mol. The predicted octanol–water partition coefficient (Wildman–Crippen LogP) is 5.23. The molecule has 0 spiro atoms. The molecule has 200 valence electrons. The molecule has 2 aromatic carbocycles. The van der Waals surface area contributed by atoms with Gasteiger partial charge in [0.15, 0.2) is 4.80 Å². The van der Waals surface area contributed by atoms with Crippen LogP contribution in [-0.4, -0.2) is 49.4 Å². The van der Waals surface area contributed by atoms with Crippen LogP contribution in [0.3, 0.4) is 0 Å². The van der Waals surface area contributed by atoms with Crippen molar-refractivity contribution in [3.63, 3.8) is 0 Å². The predicted molar refractivity (Wildman–Crippen MR) is 147 cm³/mol. The number of fused-ring (bicyclic) bond motifs is 1. The highest BCUT2D eigenvalue weighted by molar-refractivity contribution is 7.89. The lowest BCUT2D eigenvalue weighted by Gasteiger charge is -2.25. The number of sulfonamides is 1. The number of amides is 1. The van der Waals surface area contributed by atoms with Gasteiger partial charge in [0.25, 0.3) is 5.91 Å². The van der Waals surface area contributed by atoms with Crippen LogP contribution in [0.5, 0.6) is 0 Å². The zero-order chi connectivity index (χ0) is 27.5. The molecule has 0 atom stereocenters. The highest BCUT2D eigenvalue weighted by Crippen LogP contribution is 2.30. The summed E-state index contributed by atoms with van der Waals surface area (Å²) < 4.78 is 34.9. The van der Waals surface area contributed by atoms with Gasteiger partial charge in [-0.3, -0.25) is 9.59 Å². The molecule has 0 aliphatic carbocycles. The topological polar surface area (TPSA) is 98.0 Å². The Balaban J connectivity index is 2.00. The number of benzene rings is 2. The van der Waals surface area contributed by atoms with Crippen molar-refractivity contribution in [1.82, 2.24) is 8.87 Å². The second-order valence-corrected chi connectivity index (χ2v) is 13.1. The molecule has 0 N–H and O–H groups in total. The molecular formula is C25H29Cl2N3O5S2. The van der Waals surface area contributed by atoms with Gasteiger partial charge in [-0.05, 0) is 48.2 Å². The third-order valence-corrected chi connectivity index (χ3v) is 8.66. The molecule has 8 nitrogen and oxygen atoms in total. The SMILES string of the molecule is COC(=O)Cn1c(=NC(=O)c2ccc(S(=O)(=O)N(CC(C)C)CC(C)C)cc2)sc2cc(Cl)cc(Cl)c21. The third kappa shape index (κ3) is 7.00. The van der Waals surface area contributed by atoms with Crippen LogP contribution in [0.25, 0.3) is 10.2 Å². The molecule has 0 radical (unpaired) electrons. The van der Waals surface area contributed by atoms with E-state index in [1.807, 2.05) is 27.7 Å². The van der Waals surface area contributed by atoms with E-state index in [1.54, 1.807) is 12.1 Å². The fraction of sp³-hybridized carbons (Fsp3) is 0.400. The molecule has 3 rings (SSSR count). The number of carbonyl (C=O) groups is 2. The molecule has 1 amide bonds. The summed E-state index contributed by atoms with van der Waals surface area (Å²) in [6.07, 6.45) is 0. The van der Waals surface area contributed by atoms with Crippen molar-refractivity contribution in [2.45, 2.75) is 39.1 Å². The molecule has 12 heteroatoms. The summed E-state index contributed by atoms with van der Waals surface area (Å²) in [7, 11) is -2.47. The number of esters is 1. The van der Waals surface area contributed by atoms with Crippen LogP contribution in [-0.2, 0) is 26.1 Å². The first kappa shape index (κ1) is 29.3. The second kappa shape index (κ2) is 12.1. The number of thiazole rings is 1. The van der Waals surface area contributed by atoms with Crippen LogP contribution >= 0.6 is 34.5 Å². The Morgan fingerprint density at radius 3 is 2.19 bits per heavy atom. The highest BCUT2D eigenvalue weighted by Gasteiger charge is 2.26. The van der Waals surface area contributed by atoms with E-state index >= 15 is 0 Å². The fourth-order valence-electron chi connectivity index (χ4n) is 3.71. The second-order valence-electron chi connectivity index (χ2n) is 9.33. The van der Waals surface area contributed by atoms with Crippen molar-refractivity contribution in [3.8, 4) is 0 Å². The maximum absolute atomic E-state index is 13.3. The number of hydrogen-bond acceptors (Lipinski definition) is 6. The molecule has 0 bridgehead atoms. The van der Waals surface area contributed by atoms with E-state index in [0.717, 1.165) is 11.3 Å². The quantitative estimate of drug-likeness (QED) is 0.320. The van der Waals surface area contributed by atoms with E-state index in [4.69, 9.17) is 27.9 Å². The maximum atomic E-state index is 13.3. The summed E-state index contributed by atoms with van der Waals surface area (Å²) in [5.74, 6) is -0.816. The average Bonchev–Trinajstić information content (AvgIpc) is 3.14. The maximum Gasteiger partial charge on any atom is 0.325 e. The molecule has 1 heterocycles. The Hall–Kier alpha value is -2.24. The van der Waals surface area contributed by atoms with E-state index in [2.05, 4.69) is 4.99 Å². The van der Waals surface area contributed by atoms with Gasteiger partial charge in [0.1, 0.15) is 6.54 Å². The zero-order valence-corrected chi connectivity index (χ0v) is 24.3. The third-order valence-electron chi connectivity index (χ3n) is 5.28. The largest absolute Gasteiger partial charge is 0.468 e. The van der Waals surface area contributed by atoms with Crippen LogP contribution in [0, 0.1) is 11.8 Å². The summed E-state index contributed by atoms with van der Waals surface area (Å²) in [5.41, 5.74) is 0.703. The van der Waals surface area contributed by atoms with Crippen molar-refractivity contribution in [2.24, 2.45) is 16.8 Å². The summed E-state index contributed by atoms with van der Waals surface area (Å²) in [6, 6.07) is 8.90. The lowest BCUT2D eigenvalue weighted by atomic mass is 10.2. The number of aromatic nitrogens is 1. The summed E-state index contributed by atoms with van der Waals surface area (Å²) >= 11 is 13.6. The normalized spacial score (nSPS) is 12.8. The molecule has 1 aromatic heterocycles. The molecule has 0 unspecified atom stereocenters.